The molecule has 2 aliphatic carbocycles. The first-order valence-corrected chi connectivity index (χ1v) is 9.26. The van der Waals surface area contributed by atoms with Gasteiger partial charge >= 0.3 is 0 Å². The standard InChI is InChI=1S/C18H23N3S/c1-11-8-12(2)16(13(3)9-11)10-22-18-20-19-17(14-4-5-14)21(18)15-6-7-15/h8-9,14-15H,4-7,10H2,1-3H3. The number of aromatic nitrogens is 3. The van der Waals surface area contributed by atoms with Crippen LogP contribution in [0, 0.1) is 20.8 Å². The normalized spacial score (nSPS) is 18.0. The van der Waals surface area contributed by atoms with Gasteiger partial charge in [0.1, 0.15) is 5.82 Å². The fraction of sp³-hybridized carbons (Fsp3) is 0.556. The van der Waals surface area contributed by atoms with Gasteiger partial charge in [0, 0.05) is 17.7 Å². The van der Waals surface area contributed by atoms with E-state index in [2.05, 4.69) is 47.7 Å². The molecular weight excluding hydrogens is 290 g/mol. The first kappa shape index (κ1) is 14.3. The molecule has 0 spiro atoms. The summed E-state index contributed by atoms with van der Waals surface area (Å²) < 4.78 is 2.45. The topological polar surface area (TPSA) is 30.7 Å². The summed E-state index contributed by atoms with van der Waals surface area (Å²) in [5, 5.41) is 10.1. The summed E-state index contributed by atoms with van der Waals surface area (Å²) in [7, 11) is 0. The van der Waals surface area contributed by atoms with Gasteiger partial charge in [0.05, 0.1) is 0 Å². The lowest BCUT2D eigenvalue weighted by atomic mass is 10.0. The maximum Gasteiger partial charge on any atom is 0.191 e. The van der Waals surface area contributed by atoms with Crippen LogP contribution in [0.1, 0.15) is 65.7 Å². The fourth-order valence-corrected chi connectivity index (χ4v) is 4.47. The van der Waals surface area contributed by atoms with E-state index < -0.39 is 0 Å². The predicted molar refractivity (Wildman–Crippen MR) is 90.5 cm³/mol. The van der Waals surface area contributed by atoms with Gasteiger partial charge in [-0.1, -0.05) is 29.5 Å². The van der Waals surface area contributed by atoms with Gasteiger partial charge < -0.3 is 4.57 Å². The molecule has 1 aromatic carbocycles. The summed E-state index contributed by atoms with van der Waals surface area (Å²) >= 11 is 1.86. The maximum atomic E-state index is 4.51. The van der Waals surface area contributed by atoms with Crippen molar-refractivity contribution in [1.82, 2.24) is 14.8 Å². The van der Waals surface area contributed by atoms with Crippen molar-refractivity contribution in [3.8, 4) is 0 Å². The number of hydrogen-bond donors (Lipinski definition) is 0. The molecule has 0 N–H and O–H groups in total. The van der Waals surface area contributed by atoms with Gasteiger partial charge in [0.2, 0.25) is 0 Å². The maximum absolute atomic E-state index is 4.51. The summed E-state index contributed by atoms with van der Waals surface area (Å²) in [4.78, 5) is 0. The van der Waals surface area contributed by atoms with Crippen molar-refractivity contribution < 1.29 is 0 Å². The van der Waals surface area contributed by atoms with E-state index in [0.29, 0.717) is 12.0 Å². The molecule has 4 rings (SSSR count). The van der Waals surface area contributed by atoms with Gasteiger partial charge in [-0.25, -0.2) is 0 Å². The van der Waals surface area contributed by atoms with Crippen molar-refractivity contribution in [1.29, 1.82) is 0 Å². The highest BCUT2D eigenvalue weighted by atomic mass is 32.2. The van der Waals surface area contributed by atoms with Crippen molar-refractivity contribution in [2.45, 2.75) is 69.3 Å². The average Bonchev–Trinajstić information content (AvgIpc) is 3.37. The highest BCUT2D eigenvalue weighted by Gasteiger charge is 2.36. The number of nitrogens with zero attached hydrogens (tertiary/aromatic N) is 3. The second-order valence-corrected chi connectivity index (χ2v) is 7.82. The Morgan fingerprint density at radius 2 is 1.73 bits per heavy atom. The first-order valence-electron chi connectivity index (χ1n) is 8.28. The van der Waals surface area contributed by atoms with Crippen LogP contribution in [0.4, 0.5) is 0 Å². The van der Waals surface area contributed by atoms with E-state index in [4.69, 9.17) is 0 Å². The molecular formula is C18H23N3S. The molecule has 4 heteroatoms. The molecule has 0 aliphatic heterocycles. The highest BCUT2D eigenvalue weighted by Crippen LogP contribution is 2.46. The Bertz CT molecular complexity index is 688. The molecule has 0 amide bonds. The van der Waals surface area contributed by atoms with Crippen LogP contribution >= 0.6 is 11.8 Å². The summed E-state index contributed by atoms with van der Waals surface area (Å²) in [6, 6.07) is 5.24. The van der Waals surface area contributed by atoms with E-state index >= 15 is 0 Å². The van der Waals surface area contributed by atoms with Gasteiger partial charge in [-0.15, -0.1) is 10.2 Å². The quantitative estimate of drug-likeness (QED) is 0.749. The lowest BCUT2D eigenvalue weighted by Gasteiger charge is -2.12. The highest BCUT2D eigenvalue weighted by molar-refractivity contribution is 7.98. The lowest BCUT2D eigenvalue weighted by Crippen LogP contribution is -2.02. The van der Waals surface area contributed by atoms with E-state index in [1.807, 2.05) is 11.8 Å². The van der Waals surface area contributed by atoms with Crippen molar-refractivity contribution in [2.75, 3.05) is 0 Å². The number of hydrogen-bond acceptors (Lipinski definition) is 3. The minimum absolute atomic E-state index is 0.674. The van der Waals surface area contributed by atoms with Crippen LogP contribution < -0.4 is 0 Å². The van der Waals surface area contributed by atoms with E-state index in [0.717, 1.165) is 10.9 Å². The Morgan fingerprint density at radius 3 is 2.32 bits per heavy atom. The van der Waals surface area contributed by atoms with Crippen molar-refractivity contribution >= 4 is 11.8 Å². The molecule has 0 atom stereocenters. The molecule has 2 fully saturated rings. The SMILES string of the molecule is Cc1cc(C)c(CSc2nnc(C3CC3)n2C2CC2)c(C)c1. The van der Waals surface area contributed by atoms with E-state index in [1.165, 1.54) is 53.8 Å². The van der Waals surface area contributed by atoms with Gasteiger partial charge in [0.15, 0.2) is 5.16 Å². The fourth-order valence-electron chi connectivity index (χ4n) is 3.26. The van der Waals surface area contributed by atoms with Crippen LogP contribution in [0.3, 0.4) is 0 Å². The first-order chi connectivity index (χ1) is 10.6. The zero-order valence-corrected chi connectivity index (χ0v) is 14.4. The molecule has 0 bridgehead atoms. The Kier molecular flexibility index (Phi) is 3.52. The largest absolute Gasteiger partial charge is 0.303 e. The van der Waals surface area contributed by atoms with Crippen molar-refractivity contribution in [2.24, 2.45) is 0 Å². The van der Waals surface area contributed by atoms with Gasteiger partial charge in [-0.3, -0.25) is 0 Å². The van der Waals surface area contributed by atoms with Gasteiger partial charge in [-0.2, -0.15) is 0 Å². The minimum Gasteiger partial charge on any atom is -0.303 e. The molecule has 2 aromatic rings. The molecule has 0 unspecified atom stereocenters. The Labute approximate surface area is 136 Å². The molecule has 1 heterocycles. The third-order valence-electron chi connectivity index (χ3n) is 4.73. The number of rotatable bonds is 5. The summed E-state index contributed by atoms with van der Waals surface area (Å²) in [6.45, 7) is 6.61. The molecule has 0 radical (unpaired) electrons. The third kappa shape index (κ3) is 2.69. The van der Waals surface area contributed by atoms with Crippen LogP contribution in [0.25, 0.3) is 0 Å². The molecule has 2 saturated carbocycles. The molecule has 22 heavy (non-hydrogen) atoms. The molecule has 3 nitrogen and oxygen atoms in total. The molecule has 1 aromatic heterocycles. The molecule has 116 valence electrons. The van der Waals surface area contributed by atoms with Crippen molar-refractivity contribution in [3.05, 3.63) is 40.2 Å². The van der Waals surface area contributed by atoms with Gasteiger partial charge in [0.25, 0.3) is 0 Å². The molecule has 0 saturated heterocycles. The van der Waals surface area contributed by atoms with Crippen LogP contribution in [0.2, 0.25) is 0 Å². The second-order valence-electron chi connectivity index (χ2n) is 6.88. The zero-order valence-electron chi connectivity index (χ0n) is 13.6. The lowest BCUT2D eigenvalue weighted by molar-refractivity contribution is 0.627. The smallest absolute Gasteiger partial charge is 0.191 e. The van der Waals surface area contributed by atoms with E-state index in [1.54, 1.807) is 0 Å². The van der Waals surface area contributed by atoms with Crippen LogP contribution in [-0.4, -0.2) is 14.8 Å². The summed E-state index contributed by atoms with van der Waals surface area (Å²) in [5.74, 6) is 2.93. The second kappa shape index (κ2) is 5.41. The number of aryl methyl sites for hydroxylation is 3. The minimum atomic E-state index is 0.674. The summed E-state index contributed by atoms with van der Waals surface area (Å²) in [5.41, 5.74) is 5.59. The van der Waals surface area contributed by atoms with E-state index in [9.17, 15) is 0 Å². The zero-order chi connectivity index (χ0) is 15.3. The van der Waals surface area contributed by atoms with E-state index in [-0.39, 0.29) is 0 Å². The van der Waals surface area contributed by atoms with Crippen LogP contribution in [0.15, 0.2) is 17.3 Å². The van der Waals surface area contributed by atoms with Crippen molar-refractivity contribution in [3.63, 3.8) is 0 Å². The Balaban J connectivity index is 1.57. The Hall–Kier alpha value is -1.29. The average molecular weight is 313 g/mol. The van der Waals surface area contributed by atoms with Gasteiger partial charge in [-0.05, 0) is 63.1 Å². The molecule has 2 aliphatic rings. The van der Waals surface area contributed by atoms with Crippen LogP contribution in [0.5, 0.6) is 0 Å². The predicted octanol–water partition coefficient (Wildman–Crippen LogP) is 4.71. The third-order valence-corrected chi connectivity index (χ3v) is 5.70. The number of benzene rings is 1. The van der Waals surface area contributed by atoms with Crippen LogP contribution in [-0.2, 0) is 5.75 Å². The monoisotopic (exact) mass is 313 g/mol. The summed E-state index contributed by atoms with van der Waals surface area (Å²) in [6.07, 6.45) is 5.19. The number of thioether (sulfide) groups is 1. The Morgan fingerprint density at radius 1 is 1.05 bits per heavy atom.